The number of furan rings is 1. The average molecular weight is 604 g/mol. The number of hydrogen-bond donors (Lipinski definition) is 2. The molecular weight excluding hydrogens is 578 g/mol. The van der Waals surface area contributed by atoms with E-state index < -0.39 is 0 Å². The molecule has 47 heavy (non-hydrogen) atoms. The van der Waals surface area contributed by atoms with Crippen LogP contribution in [0.2, 0.25) is 0 Å². The van der Waals surface area contributed by atoms with Crippen molar-refractivity contribution in [1.82, 2.24) is 15.0 Å². The molecule has 0 fully saturated rings. The highest BCUT2D eigenvalue weighted by atomic mass is 16.3. The first-order valence-electron chi connectivity index (χ1n) is 15.4. The van der Waals surface area contributed by atoms with Gasteiger partial charge in [-0.25, -0.2) is 15.0 Å². The van der Waals surface area contributed by atoms with Gasteiger partial charge in [0.15, 0.2) is 17.5 Å². The fraction of sp³-hybridized carbons (Fsp3) is 0. The fourth-order valence-electron chi connectivity index (χ4n) is 6.54. The van der Waals surface area contributed by atoms with Gasteiger partial charge in [0, 0.05) is 33.0 Å². The van der Waals surface area contributed by atoms with Gasteiger partial charge in [0.25, 0.3) is 0 Å². The molecule has 2 aromatic heterocycles. The van der Waals surface area contributed by atoms with Crippen LogP contribution in [-0.4, -0.2) is 26.4 Å². The van der Waals surface area contributed by atoms with Crippen molar-refractivity contribution in [2.75, 3.05) is 0 Å². The van der Waals surface area contributed by atoms with E-state index in [1.54, 1.807) is 6.08 Å². The summed E-state index contributed by atoms with van der Waals surface area (Å²) in [6.07, 6.45) is 3.60. The van der Waals surface area contributed by atoms with Crippen LogP contribution in [0.25, 0.3) is 84.1 Å². The smallest absolute Gasteiger partial charge is 0.164 e. The third-order valence-corrected chi connectivity index (χ3v) is 8.79. The van der Waals surface area contributed by atoms with E-state index >= 15 is 0 Å². The third kappa shape index (κ3) is 4.38. The first kappa shape index (κ1) is 26.8. The van der Waals surface area contributed by atoms with Crippen molar-refractivity contribution in [2.24, 2.45) is 0 Å². The Morgan fingerprint density at radius 2 is 1.17 bits per heavy atom. The lowest BCUT2D eigenvalue weighted by Gasteiger charge is -2.17. The molecule has 0 saturated carbocycles. The van der Waals surface area contributed by atoms with Gasteiger partial charge in [-0.1, -0.05) is 115 Å². The van der Waals surface area contributed by atoms with Crippen LogP contribution >= 0.6 is 0 Å². The molecule has 1 aliphatic rings. The second kappa shape index (κ2) is 10.5. The molecule has 0 unspecified atom stereocenters. The van der Waals surface area contributed by atoms with Gasteiger partial charge in [0.05, 0.1) is 11.4 Å². The molecule has 6 nitrogen and oxygen atoms in total. The summed E-state index contributed by atoms with van der Waals surface area (Å²) >= 11 is 0. The molecule has 2 N–H and O–H groups in total. The molecule has 9 rings (SSSR count). The van der Waals surface area contributed by atoms with Crippen molar-refractivity contribution in [3.63, 3.8) is 0 Å². The van der Waals surface area contributed by atoms with Crippen molar-refractivity contribution >= 4 is 50.2 Å². The number of hydrogen-bond acceptors (Lipinski definition) is 6. The Labute approximate surface area is 269 Å². The van der Waals surface area contributed by atoms with Crippen LogP contribution in [0.1, 0.15) is 11.1 Å². The lowest BCUT2D eigenvalue weighted by Crippen LogP contribution is -2.16. The topological polar surface area (TPSA) is 99.5 Å². The average Bonchev–Trinajstić information content (AvgIpc) is 3.52. The zero-order valence-electron chi connectivity index (χ0n) is 25.0. The molecule has 2 heterocycles. The van der Waals surface area contributed by atoms with Crippen LogP contribution in [0.4, 0.5) is 0 Å². The maximum absolute atomic E-state index is 8.71. The van der Waals surface area contributed by atoms with Gasteiger partial charge in [-0.2, -0.15) is 0 Å². The number of aromatic nitrogens is 3. The number of nitrogens with one attached hydrogen (secondary N) is 2. The fourth-order valence-corrected chi connectivity index (χ4v) is 6.54. The van der Waals surface area contributed by atoms with E-state index in [1.807, 2.05) is 97.1 Å². The molecule has 6 heteroatoms. The van der Waals surface area contributed by atoms with Gasteiger partial charge in [0.2, 0.25) is 0 Å². The number of allylic oxidation sites excluding steroid dienone is 1. The molecule has 0 bridgehead atoms. The highest BCUT2D eigenvalue weighted by Gasteiger charge is 2.21. The predicted octanol–water partition coefficient (Wildman–Crippen LogP) is 10.0. The minimum atomic E-state index is 0.211. The Morgan fingerprint density at radius 3 is 2.04 bits per heavy atom. The van der Waals surface area contributed by atoms with Crippen LogP contribution in [0.5, 0.6) is 0 Å². The number of benzene rings is 6. The summed E-state index contributed by atoms with van der Waals surface area (Å²) in [6, 6.07) is 42.5. The SMILES string of the molecule is N=C1C=Cc2ccc3ccc(-c4ccccc4-c4nc(-c5ccccc5)nc(-c5cccc6oc7ccccc7c56)n4)cc3c2C1=N. The van der Waals surface area contributed by atoms with E-state index in [9.17, 15) is 0 Å². The molecule has 0 amide bonds. The minimum absolute atomic E-state index is 0.211. The van der Waals surface area contributed by atoms with Gasteiger partial charge in [-0.05, 0) is 51.7 Å². The minimum Gasteiger partial charge on any atom is -0.456 e. The van der Waals surface area contributed by atoms with Crippen molar-refractivity contribution in [1.29, 1.82) is 10.8 Å². The molecule has 8 aromatic rings. The predicted molar refractivity (Wildman–Crippen MR) is 190 cm³/mol. The highest BCUT2D eigenvalue weighted by Crippen LogP contribution is 2.38. The van der Waals surface area contributed by atoms with Gasteiger partial charge in [0.1, 0.15) is 11.2 Å². The van der Waals surface area contributed by atoms with Gasteiger partial charge in [-0.3, -0.25) is 10.8 Å². The monoisotopic (exact) mass is 603 g/mol. The second-order valence-corrected chi connectivity index (χ2v) is 11.6. The molecule has 6 aromatic carbocycles. The standard InChI is InChI=1S/C41H25N5O/c42-33-22-21-25-19-17-24-18-20-27(23-32(24)36(25)38(33)43)28-11-4-5-12-29(28)40-44-39(26-9-2-1-3-10-26)45-41(46-40)31-14-8-16-35-37(31)30-13-6-7-15-34(30)47-35/h1-23,42-43H. The maximum Gasteiger partial charge on any atom is 0.164 e. The van der Waals surface area contributed by atoms with Crippen LogP contribution in [0, 0.1) is 10.8 Å². The molecular formula is C41H25N5O. The summed E-state index contributed by atoms with van der Waals surface area (Å²) in [6.45, 7) is 0. The van der Waals surface area contributed by atoms with Crippen LogP contribution < -0.4 is 0 Å². The first-order chi connectivity index (χ1) is 23.1. The van der Waals surface area contributed by atoms with Gasteiger partial charge < -0.3 is 4.42 Å². The zero-order valence-corrected chi connectivity index (χ0v) is 25.0. The summed E-state index contributed by atoms with van der Waals surface area (Å²) in [5.41, 5.74) is 8.33. The summed E-state index contributed by atoms with van der Waals surface area (Å²) in [5.74, 6) is 1.70. The number of nitrogens with zero attached hydrogens (tertiary/aromatic N) is 3. The van der Waals surface area contributed by atoms with E-state index in [4.69, 9.17) is 30.2 Å². The number of fused-ring (bicyclic) bond motifs is 6. The van der Waals surface area contributed by atoms with Gasteiger partial charge in [-0.15, -0.1) is 0 Å². The summed E-state index contributed by atoms with van der Waals surface area (Å²) in [5, 5.41) is 20.9. The van der Waals surface area contributed by atoms with Crippen molar-refractivity contribution < 1.29 is 4.42 Å². The summed E-state index contributed by atoms with van der Waals surface area (Å²) < 4.78 is 6.21. The molecule has 220 valence electrons. The molecule has 1 aliphatic carbocycles. The molecule has 0 radical (unpaired) electrons. The molecule has 0 saturated heterocycles. The van der Waals surface area contributed by atoms with Crippen LogP contribution in [0.15, 0.2) is 138 Å². The van der Waals surface area contributed by atoms with E-state index in [-0.39, 0.29) is 11.4 Å². The largest absolute Gasteiger partial charge is 0.456 e. The third-order valence-electron chi connectivity index (χ3n) is 8.79. The zero-order chi connectivity index (χ0) is 31.5. The van der Waals surface area contributed by atoms with Crippen LogP contribution in [0.3, 0.4) is 0 Å². The van der Waals surface area contributed by atoms with E-state index in [2.05, 4.69) is 36.4 Å². The second-order valence-electron chi connectivity index (χ2n) is 11.6. The van der Waals surface area contributed by atoms with Crippen LogP contribution in [-0.2, 0) is 0 Å². The first-order valence-corrected chi connectivity index (χ1v) is 15.4. The quantitative estimate of drug-likeness (QED) is 0.209. The van der Waals surface area contributed by atoms with E-state index in [1.165, 1.54) is 0 Å². The van der Waals surface area contributed by atoms with E-state index in [0.29, 0.717) is 17.5 Å². The number of rotatable bonds is 4. The summed E-state index contributed by atoms with van der Waals surface area (Å²) in [4.78, 5) is 15.2. The highest BCUT2D eigenvalue weighted by molar-refractivity contribution is 6.53. The Balaban J connectivity index is 1.28. The lowest BCUT2D eigenvalue weighted by atomic mass is 9.87. The molecule has 0 aliphatic heterocycles. The van der Waals surface area contributed by atoms with Crippen molar-refractivity contribution in [3.05, 3.63) is 145 Å². The maximum atomic E-state index is 8.71. The Kier molecular flexibility index (Phi) is 6.01. The number of para-hydroxylation sites is 1. The Morgan fingerprint density at radius 1 is 0.489 bits per heavy atom. The Hall–Kier alpha value is -6.53. The van der Waals surface area contributed by atoms with Crippen molar-refractivity contribution in [2.45, 2.75) is 0 Å². The lowest BCUT2D eigenvalue weighted by molar-refractivity contribution is 0.669. The molecule has 0 spiro atoms. The molecule has 0 atom stereocenters. The Bertz CT molecular complexity index is 2620. The summed E-state index contributed by atoms with van der Waals surface area (Å²) in [7, 11) is 0. The normalized spacial score (nSPS) is 12.7. The van der Waals surface area contributed by atoms with Gasteiger partial charge >= 0.3 is 0 Å². The van der Waals surface area contributed by atoms with E-state index in [0.717, 1.165) is 71.7 Å². The van der Waals surface area contributed by atoms with Crippen molar-refractivity contribution in [3.8, 4) is 45.3 Å².